The van der Waals surface area contributed by atoms with Gasteiger partial charge < -0.3 is 9.88 Å². The quantitative estimate of drug-likeness (QED) is 0.796. The van der Waals surface area contributed by atoms with Crippen molar-refractivity contribution in [1.82, 2.24) is 14.9 Å². The van der Waals surface area contributed by atoms with E-state index in [0.717, 1.165) is 18.9 Å². The molecule has 1 heterocycles. The van der Waals surface area contributed by atoms with Gasteiger partial charge in [-0.25, -0.2) is 4.98 Å². The fraction of sp³-hybridized carbons (Fsp3) is 0.769. The molecule has 1 aromatic rings. The van der Waals surface area contributed by atoms with Gasteiger partial charge in [-0.05, 0) is 24.8 Å². The van der Waals surface area contributed by atoms with Crippen LogP contribution in [0.25, 0.3) is 0 Å². The molecule has 0 atom stereocenters. The molecule has 0 aliphatic carbocycles. The molecule has 3 nitrogen and oxygen atoms in total. The van der Waals surface area contributed by atoms with Gasteiger partial charge in [0.15, 0.2) is 0 Å². The zero-order valence-corrected chi connectivity index (χ0v) is 12.3. The topological polar surface area (TPSA) is 29.9 Å². The summed E-state index contributed by atoms with van der Waals surface area (Å²) in [6.07, 6.45) is 7.68. The predicted octanol–water partition coefficient (Wildman–Crippen LogP) is 3.15. The molecule has 0 saturated carbocycles. The first kappa shape index (κ1) is 16.5. The van der Waals surface area contributed by atoms with Gasteiger partial charge in [-0.1, -0.05) is 27.2 Å². The molecular weight excluding hydrogens is 234 g/mol. The molecular formula is C13H26ClN3. The van der Waals surface area contributed by atoms with Crippen LogP contribution in [-0.2, 0) is 13.6 Å². The number of aryl methyl sites for hydroxylation is 1. The molecule has 0 aliphatic heterocycles. The second-order valence-corrected chi connectivity index (χ2v) is 5.65. The van der Waals surface area contributed by atoms with Gasteiger partial charge >= 0.3 is 0 Å². The molecule has 0 amide bonds. The third-order valence-corrected chi connectivity index (χ3v) is 2.73. The van der Waals surface area contributed by atoms with E-state index in [4.69, 9.17) is 0 Å². The molecule has 0 fully saturated rings. The molecule has 0 aromatic carbocycles. The molecule has 17 heavy (non-hydrogen) atoms. The van der Waals surface area contributed by atoms with Crippen LogP contribution in [0.1, 0.15) is 45.9 Å². The largest absolute Gasteiger partial charge is 0.337 e. The van der Waals surface area contributed by atoms with Gasteiger partial charge in [-0.2, -0.15) is 0 Å². The average Bonchev–Trinajstić information content (AvgIpc) is 2.56. The van der Waals surface area contributed by atoms with E-state index in [-0.39, 0.29) is 12.4 Å². The normalized spacial score (nSPS) is 11.3. The first-order chi connectivity index (χ1) is 7.49. The van der Waals surface area contributed by atoms with Gasteiger partial charge in [0.2, 0.25) is 0 Å². The Morgan fingerprint density at radius 3 is 2.53 bits per heavy atom. The molecule has 0 spiro atoms. The summed E-state index contributed by atoms with van der Waals surface area (Å²) < 4.78 is 2.06. The number of unbranched alkanes of at least 4 members (excludes halogenated alkanes) is 1. The van der Waals surface area contributed by atoms with E-state index in [0.29, 0.717) is 5.41 Å². The van der Waals surface area contributed by atoms with Crippen molar-refractivity contribution in [3.05, 3.63) is 18.2 Å². The van der Waals surface area contributed by atoms with Gasteiger partial charge in [-0.3, -0.25) is 0 Å². The van der Waals surface area contributed by atoms with Crippen LogP contribution in [0, 0.1) is 5.41 Å². The van der Waals surface area contributed by atoms with Crippen molar-refractivity contribution in [2.75, 3.05) is 6.54 Å². The number of hydrogen-bond acceptors (Lipinski definition) is 2. The molecule has 0 unspecified atom stereocenters. The van der Waals surface area contributed by atoms with E-state index in [1.54, 1.807) is 0 Å². The second kappa shape index (κ2) is 7.72. The number of aromatic nitrogens is 2. The van der Waals surface area contributed by atoms with Crippen LogP contribution in [-0.4, -0.2) is 16.1 Å². The SMILES string of the molecule is Cl.Cn1ccnc1CNCCCCC(C)(C)C. The Labute approximate surface area is 111 Å². The Bertz CT molecular complexity index is 302. The smallest absolute Gasteiger partial charge is 0.122 e. The van der Waals surface area contributed by atoms with Gasteiger partial charge in [0.1, 0.15) is 5.82 Å². The lowest BCUT2D eigenvalue weighted by Gasteiger charge is -2.17. The fourth-order valence-electron chi connectivity index (χ4n) is 1.67. The van der Waals surface area contributed by atoms with Crippen molar-refractivity contribution in [1.29, 1.82) is 0 Å². The highest BCUT2D eigenvalue weighted by Crippen LogP contribution is 2.21. The second-order valence-electron chi connectivity index (χ2n) is 5.65. The van der Waals surface area contributed by atoms with E-state index in [1.807, 2.05) is 19.4 Å². The summed E-state index contributed by atoms with van der Waals surface area (Å²) in [4.78, 5) is 4.27. The van der Waals surface area contributed by atoms with Gasteiger partial charge in [-0.15, -0.1) is 12.4 Å². The zero-order valence-electron chi connectivity index (χ0n) is 11.5. The Balaban J connectivity index is 0.00000256. The van der Waals surface area contributed by atoms with Crippen molar-refractivity contribution < 1.29 is 0 Å². The monoisotopic (exact) mass is 259 g/mol. The number of rotatable bonds is 6. The standard InChI is InChI=1S/C13H25N3.ClH/c1-13(2,3)7-5-6-8-14-11-12-15-9-10-16(12)4;/h9-10,14H,5-8,11H2,1-4H3;1H. The lowest BCUT2D eigenvalue weighted by Crippen LogP contribution is -2.17. The van der Waals surface area contributed by atoms with E-state index in [2.05, 4.69) is 35.6 Å². The minimum absolute atomic E-state index is 0. The van der Waals surface area contributed by atoms with Crippen LogP contribution in [0.4, 0.5) is 0 Å². The summed E-state index contributed by atoms with van der Waals surface area (Å²) in [5, 5.41) is 3.43. The lowest BCUT2D eigenvalue weighted by molar-refractivity contribution is 0.358. The Morgan fingerprint density at radius 2 is 2.00 bits per heavy atom. The molecule has 1 aromatic heterocycles. The average molecular weight is 260 g/mol. The van der Waals surface area contributed by atoms with E-state index >= 15 is 0 Å². The first-order valence-corrected chi connectivity index (χ1v) is 6.16. The van der Waals surface area contributed by atoms with Crippen molar-refractivity contribution in [3.8, 4) is 0 Å². The van der Waals surface area contributed by atoms with E-state index in [1.165, 1.54) is 19.3 Å². The van der Waals surface area contributed by atoms with Crippen molar-refractivity contribution in [3.63, 3.8) is 0 Å². The Hall–Kier alpha value is -0.540. The van der Waals surface area contributed by atoms with Gasteiger partial charge in [0.25, 0.3) is 0 Å². The maximum Gasteiger partial charge on any atom is 0.122 e. The molecule has 1 rings (SSSR count). The van der Waals surface area contributed by atoms with Gasteiger partial charge in [0, 0.05) is 19.4 Å². The summed E-state index contributed by atoms with van der Waals surface area (Å²) in [5.74, 6) is 1.11. The third kappa shape index (κ3) is 7.40. The highest BCUT2D eigenvalue weighted by Gasteiger charge is 2.08. The molecule has 0 radical (unpaired) electrons. The Kier molecular flexibility index (Phi) is 7.48. The maximum atomic E-state index is 4.27. The number of nitrogens with one attached hydrogen (secondary N) is 1. The minimum Gasteiger partial charge on any atom is -0.337 e. The summed E-state index contributed by atoms with van der Waals surface area (Å²) in [5.41, 5.74) is 0.472. The molecule has 0 aliphatic rings. The zero-order chi connectivity index (χ0) is 12.0. The van der Waals surface area contributed by atoms with Crippen LogP contribution in [0.3, 0.4) is 0 Å². The van der Waals surface area contributed by atoms with E-state index in [9.17, 15) is 0 Å². The maximum absolute atomic E-state index is 4.27. The van der Waals surface area contributed by atoms with Gasteiger partial charge in [0.05, 0.1) is 6.54 Å². The van der Waals surface area contributed by atoms with E-state index < -0.39 is 0 Å². The fourth-order valence-corrected chi connectivity index (χ4v) is 1.67. The number of halogens is 1. The lowest BCUT2D eigenvalue weighted by atomic mass is 9.90. The van der Waals surface area contributed by atoms with Crippen molar-refractivity contribution in [2.45, 2.75) is 46.6 Å². The number of hydrogen-bond donors (Lipinski definition) is 1. The Morgan fingerprint density at radius 1 is 1.29 bits per heavy atom. The van der Waals surface area contributed by atoms with Crippen LogP contribution < -0.4 is 5.32 Å². The third-order valence-electron chi connectivity index (χ3n) is 2.73. The van der Waals surface area contributed by atoms with Crippen LogP contribution >= 0.6 is 12.4 Å². The molecule has 0 bridgehead atoms. The summed E-state index contributed by atoms with van der Waals surface area (Å²) in [6.45, 7) is 8.86. The van der Waals surface area contributed by atoms with Crippen molar-refractivity contribution >= 4 is 12.4 Å². The summed E-state index contributed by atoms with van der Waals surface area (Å²) in [6, 6.07) is 0. The molecule has 100 valence electrons. The highest BCUT2D eigenvalue weighted by atomic mass is 35.5. The van der Waals surface area contributed by atoms with Crippen LogP contribution in [0.5, 0.6) is 0 Å². The predicted molar refractivity (Wildman–Crippen MR) is 75.5 cm³/mol. The number of nitrogens with zero attached hydrogens (tertiary/aromatic N) is 2. The number of imidazole rings is 1. The highest BCUT2D eigenvalue weighted by molar-refractivity contribution is 5.85. The molecule has 1 N–H and O–H groups in total. The molecule has 0 saturated heterocycles. The van der Waals surface area contributed by atoms with Crippen molar-refractivity contribution in [2.24, 2.45) is 12.5 Å². The minimum atomic E-state index is 0. The molecule has 4 heteroatoms. The van der Waals surface area contributed by atoms with Crippen LogP contribution in [0.2, 0.25) is 0 Å². The van der Waals surface area contributed by atoms with Crippen LogP contribution in [0.15, 0.2) is 12.4 Å². The summed E-state index contributed by atoms with van der Waals surface area (Å²) in [7, 11) is 2.03. The first-order valence-electron chi connectivity index (χ1n) is 6.16. The summed E-state index contributed by atoms with van der Waals surface area (Å²) >= 11 is 0.